The second kappa shape index (κ2) is 8.72. The molecular formula is C17H25N7O. The van der Waals surface area contributed by atoms with Crippen molar-refractivity contribution >= 4 is 28.5 Å². The number of rotatable bonds is 6. The van der Waals surface area contributed by atoms with Gasteiger partial charge in [0.2, 0.25) is 5.96 Å². The molecule has 0 saturated carbocycles. The highest BCUT2D eigenvalue weighted by Crippen LogP contribution is 2.27. The van der Waals surface area contributed by atoms with E-state index in [2.05, 4.69) is 25.6 Å². The molecule has 2 aromatic rings. The van der Waals surface area contributed by atoms with Crippen LogP contribution in [0.1, 0.15) is 13.8 Å². The van der Waals surface area contributed by atoms with Crippen LogP contribution in [0.4, 0.5) is 5.69 Å². The summed E-state index contributed by atoms with van der Waals surface area (Å²) in [4.78, 5) is 12.8. The van der Waals surface area contributed by atoms with Crippen molar-refractivity contribution in [2.24, 2.45) is 21.5 Å². The van der Waals surface area contributed by atoms with E-state index in [-0.39, 0.29) is 12.0 Å². The predicted octanol–water partition coefficient (Wildman–Crippen LogP) is 1.28. The van der Waals surface area contributed by atoms with E-state index < -0.39 is 0 Å². The highest BCUT2D eigenvalue weighted by Gasteiger charge is 2.05. The van der Waals surface area contributed by atoms with Gasteiger partial charge in [0.15, 0.2) is 5.96 Å². The van der Waals surface area contributed by atoms with Crippen LogP contribution < -0.4 is 26.8 Å². The van der Waals surface area contributed by atoms with Crippen molar-refractivity contribution < 1.29 is 4.74 Å². The van der Waals surface area contributed by atoms with Crippen molar-refractivity contribution in [1.29, 1.82) is 0 Å². The molecule has 0 unspecified atom stereocenters. The zero-order chi connectivity index (χ0) is 18.2. The molecule has 0 bridgehead atoms. The highest BCUT2D eigenvalue weighted by molar-refractivity contribution is 5.93. The van der Waals surface area contributed by atoms with Gasteiger partial charge in [-0.25, -0.2) is 4.99 Å². The molecule has 0 aliphatic heterocycles. The molecule has 0 aliphatic carbocycles. The maximum absolute atomic E-state index is 5.43. The standard InChI is InChI=1S/C17H25N7O/c1-11(2)23-17(24-16(18)19)22-8-7-20-14-10-13(25-3)9-12-5-4-6-21-15(12)14/h4-6,9-11,20H,7-8H2,1-3H3,(H5,18,19,22,23,24). The molecule has 134 valence electrons. The first-order valence-electron chi connectivity index (χ1n) is 8.07. The number of ether oxygens (including phenoxy) is 1. The van der Waals surface area contributed by atoms with E-state index >= 15 is 0 Å². The number of anilines is 1. The second-order valence-corrected chi connectivity index (χ2v) is 5.72. The number of nitrogens with one attached hydrogen (secondary N) is 2. The van der Waals surface area contributed by atoms with Gasteiger partial charge in [0.1, 0.15) is 5.75 Å². The summed E-state index contributed by atoms with van der Waals surface area (Å²) >= 11 is 0. The Hall–Kier alpha value is -3.03. The second-order valence-electron chi connectivity index (χ2n) is 5.72. The smallest absolute Gasteiger partial charge is 0.221 e. The Bertz CT molecular complexity index is 767. The molecule has 1 aromatic heterocycles. The molecule has 1 aromatic carbocycles. The molecule has 0 atom stereocenters. The zero-order valence-electron chi connectivity index (χ0n) is 14.8. The van der Waals surface area contributed by atoms with Crippen LogP contribution in [0.15, 0.2) is 40.4 Å². The van der Waals surface area contributed by atoms with Crippen molar-refractivity contribution in [3.8, 4) is 5.75 Å². The fourth-order valence-corrected chi connectivity index (χ4v) is 2.26. The summed E-state index contributed by atoms with van der Waals surface area (Å²) in [5.41, 5.74) is 12.6. The molecule has 8 heteroatoms. The number of hydrogen-bond donors (Lipinski definition) is 4. The van der Waals surface area contributed by atoms with Gasteiger partial charge in [-0.2, -0.15) is 4.99 Å². The van der Waals surface area contributed by atoms with Crippen molar-refractivity contribution in [1.82, 2.24) is 10.3 Å². The molecule has 25 heavy (non-hydrogen) atoms. The Morgan fingerprint density at radius 3 is 2.80 bits per heavy atom. The number of fused-ring (bicyclic) bond motifs is 1. The summed E-state index contributed by atoms with van der Waals surface area (Å²) in [6.45, 7) is 5.08. The van der Waals surface area contributed by atoms with E-state index in [4.69, 9.17) is 16.2 Å². The van der Waals surface area contributed by atoms with Crippen LogP contribution in [-0.2, 0) is 0 Å². The maximum Gasteiger partial charge on any atom is 0.221 e. The lowest BCUT2D eigenvalue weighted by Crippen LogP contribution is -2.33. The van der Waals surface area contributed by atoms with Gasteiger partial charge < -0.3 is 26.8 Å². The van der Waals surface area contributed by atoms with E-state index in [1.165, 1.54) is 0 Å². The number of benzene rings is 1. The molecule has 8 nitrogen and oxygen atoms in total. The average molecular weight is 343 g/mol. The average Bonchev–Trinajstić information content (AvgIpc) is 2.57. The molecule has 0 radical (unpaired) electrons. The summed E-state index contributed by atoms with van der Waals surface area (Å²) in [6, 6.07) is 7.95. The summed E-state index contributed by atoms with van der Waals surface area (Å²) in [5.74, 6) is 1.17. The lowest BCUT2D eigenvalue weighted by molar-refractivity contribution is 0.415. The Labute approximate surface area is 147 Å². The van der Waals surface area contributed by atoms with Crippen LogP contribution in [0.2, 0.25) is 0 Å². The number of aliphatic imine (C=N–C) groups is 2. The quantitative estimate of drug-likeness (QED) is 0.356. The van der Waals surface area contributed by atoms with E-state index in [1.807, 2.05) is 38.1 Å². The maximum atomic E-state index is 5.43. The van der Waals surface area contributed by atoms with Gasteiger partial charge in [0, 0.05) is 30.2 Å². The Kier molecular flexibility index (Phi) is 6.39. The van der Waals surface area contributed by atoms with E-state index in [0.717, 1.165) is 22.3 Å². The molecule has 0 fully saturated rings. The van der Waals surface area contributed by atoms with E-state index in [0.29, 0.717) is 19.0 Å². The van der Waals surface area contributed by atoms with Gasteiger partial charge in [0.25, 0.3) is 0 Å². The molecule has 0 amide bonds. The van der Waals surface area contributed by atoms with E-state index in [9.17, 15) is 0 Å². The minimum absolute atomic E-state index is 0.0251. The number of guanidine groups is 2. The Balaban J connectivity index is 2.09. The molecule has 6 N–H and O–H groups in total. The van der Waals surface area contributed by atoms with Crippen LogP contribution in [-0.4, -0.2) is 43.1 Å². The van der Waals surface area contributed by atoms with Crippen LogP contribution in [0, 0.1) is 0 Å². The summed E-state index contributed by atoms with van der Waals surface area (Å²) in [7, 11) is 1.64. The first-order chi connectivity index (χ1) is 12.0. The molecule has 0 spiro atoms. The van der Waals surface area contributed by atoms with Crippen LogP contribution in [0.5, 0.6) is 5.75 Å². The zero-order valence-corrected chi connectivity index (χ0v) is 14.8. The van der Waals surface area contributed by atoms with Gasteiger partial charge >= 0.3 is 0 Å². The highest BCUT2D eigenvalue weighted by atomic mass is 16.5. The summed E-state index contributed by atoms with van der Waals surface area (Å²) < 4.78 is 5.34. The fraction of sp³-hybridized carbons (Fsp3) is 0.353. The Morgan fingerprint density at radius 2 is 2.12 bits per heavy atom. The van der Waals surface area contributed by atoms with Gasteiger partial charge in [0.05, 0.1) is 24.9 Å². The van der Waals surface area contributed by atoms with Crippen LogP contribution in [0.3, 0.4) is 0 Å². The third-order valence-electron chi connectivity index (χ3n) is 3.26. The largest absolute Gasteiger partial charge is 0.497 e. The summed E-state index contributed by atoms with van der Waals surface area (Å²) in [5, 5.41) is 7.45. The monoisotopic (exact) mass is 343 g/mol. The Morgan fingerprint density at radius 1 is 1.32 bits per heavy atom. The lowest BCUT2D eigenvalue weighted by Gasteiger charge is -2.12. The summed E-state index contributed by atoms with van der Waals surface area (Å²) in [6.07, 6.45) is 1.77. The molecule has 0 aliphatic rings. The fourth-order valence-electron chi connectivity index (χ4n) is 2.26. The lowest BCUT2D eigenvalue weighted by atomic mass is 10.2. The number of aromatic nitrogens is 1. The normalized spacial score (nSPS) is 11.4. The molecule has 1 heterocycles. The van der Waals surface area contributed by atoms with E-state index in [1.54, 1.807) is 13.3 Å². The number of methoxy groups -OCH3 is 1. The van der Waals surface area contributed by atoms with Crippen molar-refractivity contribution in [3.05, 3.63) is 30.5 Å². The minimum atomic E-state index is -0.0251. The SMILES string of the molecule is COc1cc(NCCN=C(N=C(N)N)NC(C)C)c2ncccc2c1. The van der Waals surface area contributed by atoms with Gasteiger partial charge in [-0.15, -0.1) is 0 Å². The number of pyridine rings is 1. The molecule has 2 rings (SSSR count). The third-order valence-corrected chi connectivity index (χ3v) is 3.26. The topological polar surface area (TPSA) is 123 Å². The molecule has 0 saturated heterocycles. The minimum Gasteiger partial charge on any atom is -0.497 e. The van der Waals surface area contributed by atoms with Gasteiger partial charge in [-0.1, -0.05) is 6.07 Å². The van der Waals surface area contributed by atoms with Crippen molar-refractivity contribution in [3.63, 3.8) is 0 Å². The number of hydrogen-bond acceptors (Lipinski definition) is 4. The van der Waals surface area contributed by atoms with Crippen LogP contribution >= 0.6 is 0 Å². The third kappa shape index (κ3) is 5.52. The number of nitrogens with zero attached hydrogens (tertiary/aromatic N) is 3. The number of nitrogens with two attached hydrogens (primary N) is 2. The van der Waals surface area contributed by atoms with Gasteiger partial charge in [-0.3, -0.25) is 4.98 Å². The predicted molar refractivity (Wildman–Crippen MR) is 103 cm³/mol. The molecular weight excluding hydrogens is 318 g/mol. The van der Waals surface area contributed by atoms with Crippen LogP contribution in [0.25, 0.3) is 10.9 Å². The van der Waals surface area contributed by atoms with Crippen molar-refractivity contribution in [2.75, 3.05) is 25.5 Å². The van der Waals surface area contributed by atoms with Gasteiger partial charge in [-0.05, 0) is 26.0 Å². The van der Waals surface area contributed by atoms with Crippen molar-refractivity contribution in [2.45, 2.75) is 19.9 Å². The first-order valence-corrected chi connectivity index (χ1v) is 8.07. The first kappa shape index (κ1) is 18.3.